The summed E-state index contributed by atoms with van der Waals surface area (Å²) in [5.41, 5.74) is -2.74. The molecule has 0 aromatic heterocycles. The monoisotopic (exact) mass is 422 g/mol. The lowest BCUT2D eigenvalue weighted by molar-refractivity contribution is -0.186. The molecular formula is C23H31FO6. The Bertz CT molecular complexity index is 823. The predicted molar refractivity (Wildman–Crippen MR) is 105 cm³/mol. The lowest BCUT2D eigenvalue weighted by Gasteiger charge is -2.61. The fourth-order valence-corrected chi connectivity index (χ4v) is 7.44. The minimum absolute atomic E-state index is 0.0648. The van der Waals surface area contributed by atoms with E-state index in [1.54, 1.807) is 6.92 Å². The van der Waals surface area contributed by atoms with Gasteiger partial charge in [-0.25, -0.2) is 4.39 Å². The van der Waals surface area contributed by atoms with E-state index in [2.05, 4.69) is 0 Å². The van der Waals surface area contributed by atoms with Gasteiger partial charge in [0, 0.05) is 18.8 Å². The van der Waals surface area contributed by atoms with E-state index < -0.39 is 47.1 Å². The molecule has 0 unspecified atom stereocenters. The van der Waals surface area contributed by atoms with Gasteiger partial charge in [0.25, 0.3) is 0 Å². The van der Waals surface area contributed by atoms with Crippen molar-refractivity contribution in [3.8, 4) is 0 Å². The second-order valence-corrected chi connectivity index (χ2v) is 10.3. The molecule has 8 atom stereocenters. The van der Waals surface area contributed by atoms with E-state index in [0.29, 0.717) is 24.8 Å². The van der Waals surface area contributed by atoms with Crippen LogP contribution in [-0.4, -0.2) is 52.2 Å². The van der Waals surface area contributed by atoms with Gasteiger partial charge in [0.15, 0.2) is 12.4 Å². The molecule has 166 valence electrons. The van der Waals surface area contributed by atoms with Crippen LogP contribution in [0.2, 0.25) is 0 Å². The molecule has 0 spiro atoms. The van der Waals surface area contributed by atoms with Gasteiger partial charge in [-0.05, 0) is 66.9 Å². The number of aliphatic hydroxyl groups excluding tert-OH is 1. The van der Waals surface area contributed by atoms with E-state index in [1.165, 1.54) is 13.0 Å². The Hall–Kier alpha value is -1.60. The van der Waals surface area contributed by atoms with Crippen LogP contribution < -0.4 is 0 Å². The largest absolute Gasteiger partial charge is 0.458 e. The lowest BCUT2D eigenvalue weighted by Crippen LogP contribution is -2.63. The zero-order valence-corrected chi connectivity index (χ0v) is 17.8. The molecule has 4 aliphatic rings. The number of Topliss-reactive ketones (excluding diaryl/α,β-unsaturated/α-hetero) is 1. The number of carbonyl (C=O) groups excluding carboxylic acids is 3. The molecule has 0 aromatic rings. The second-order valence-electron chi connectivity index (χ2n) is 10.3. The highest BCUT2D eigenvalue weighted by molar-refractivity contribution is 5.92. The fourth-order valence-electron chi connectivity index (χ4n) is 7.44. The zero-order valence-electron chi connectivity index (χ0n) is 17.8. The fraction of sp³-hybridized carbons (Fsp3) is 0.783. The summed E-state index contributed by atoms with van der Waals surface area (Å²) in [5.74, 6) is -1.76. The van der Waals surface area contributed by atoms with E-state index in [9.17, 15) is 24.6 Å². The number of halogens is 1. The number of ether oxygens (including phenoxy) is 1. The van der Waals surface area contributed by atoms with Crippen LogP contribution in [0.25, 0.3) is 0 Å². The average Bonchev–Trinajstić information content (AvgIpc) is 2.93. The van der Waals surface area contributed by atoms with E-state index >= 15 is 4.39 Å². The molecule has 4 aliphatic carbocycles. The summed E-state index contributed by atoms with van der Waals surface area (Å²) in [5, 5.41) is 22.7. The van der Waals surface area contributed by atoms with Crippen molar-refractivity contribution < 1.29 is 33.7 Å². The number of fused-ring (bicyclic) bond motifs is 5. The van der Waals surface area contributed by atoms with Crippen LogP contribution in [0.1, 0.15) is 59.3 Å². The van der Waals surface area contributed by atoms with Crippen molar-refractivity contribution in [2.45, 2.75) is 77.2 Å². The van der Waals surface area contributed by atoms with Crippen molar-refractivity contribution in [3.05, 3.63) is 11.6 Å². The Morgan fingerprint density at radius 2 is 2.00 bits per heavy atom. The Morgan fingerprint density at radius 3 is 2.67 bits per heavy atom. The lowest BCUT2D eigenvalue weighted by atomic mass is 9.45. The summed E-state index contributed by atoms with van der Waals surface area (Å²) in [4.78, 5) is 35.9. The third-order valence-electron chi connectivity index (χ3n) is 8.89. The highest BCUT2D eigenvalue weighted by atomic mass is 19.1. The summed E-state index contributed by atoms with van der Waals surface area (Å²) in [6, 6.07) is 0. The van der Waals surface area contributed by atoms with Crippen molar-refractivity contribution >= 4 is 17.5 Å². The first-order valence-corrected chi connectivity index (χ1v) is 10.9. The Morgan fingerprint density at radius 1 is 1.30 bits per heavy atom. The van der Waals surface area contributed by atoms with Crippen LogP contribution in [0.3, 0.4) is 0 Å². The van der Waals surface area contributed by atoms with Gasteiger partial charge in [0.05, 0.1) is 6.10 Å². The normalized spacial score (nSPS) is 47.6. The van der Waals surface area contributed by atoms with E-state index in [1.807, 2.05) is 6.92 Å². The summed E-state index contributed by atoms with van der Waals surface area (Å²) < 4.78 is 20.1. The summed E-state index contributed by atoms with van der Waals surface area (Å²) in [7, 11) is 0. The molecule has 7 heteroatoms. The van der Waals surface area contributed by atoms with Gasteiger partial charge in [-0.3, -0.25) is 14.4 Å². The topological polar surface area (TPSA) is 101 Å². The van der Waals surface area contributed by atoms with Gasteiger partial charge in [0.1, 0.15) is 11.8 Å². The quantitative estimate of drug-likeness (QED) is 0.677. The number of esters is 1. The first-order chi connectivity index (χ1) is 13.9. The Balaban J connectivity index is 1.69. The molecule has 0 aromatic carbocycles. The number of alkyl halides is 1. The Labute approximate surface area is 175 Å². The first kappa shape index (κ1) is 21.6. The minimum atomic E-state index is -1.72. The molecule has 0 bridgehead atoms. The third-order valence-corrected chi connectivity index (χ3v) is 8.89. The molecule has 0 amide bonds. The highest BCUT2D eigenvalue weighted by Crippen LogP contribution is 2.67. The van der Waals surface area contributed by atoms with Crippen LogP contribution in [0.4, 0.5) is 4.39 Å². The van der Waals surface area contributed by atoms with Crippen molar-refractivity contribution in [1.29, 1.82) is 0 Å². The number of carbonyl (C=O) groups is 3. The molecular weight excluding hydrogens is 391 g/mol. The molecule has 0 heterocycles. The van der Waals surface area contributed by atoms with Gasteiger partial charge in [-0.2, -0.15) is 0 Å². The Kier molecular flexibility index (Phi) is 5.01. The highest BCUT2D eigenvalue weighted by Gasteiger charge is 2.69. The van der Waals surface area contributed by atoms with Crippen LogP contribution in [0.5, 0.6) is 0 Å². The van der Waals surface area contributed by atoms with Crippen LogP contribution in [0, 0.1) is 28.6 Å². The van der Waals surface area contributed by atoms with Gasteiger partial charge < -0.3 is 14.9 Å². The smallest absolute Gasteiger partial charge is 0.303 e. The molecule has 3 fully saturated rings. The SMILES string of the molecule is CC(=O)OCC(=O)[C@@]1(O)CC[C@H]2[C@@H]3C[C@H](F)C4=CC(=O)CC[C@]4(C)[C@H]3[C@H](O)C[C@@]21C. The van der Waals surface area contributed by atoms with Crippen molar-refractivity contribution in [1.82, 2.24) is 0 Å². The zero-order chi connectivity index (χ0) is 22.1. The number of hydrogen-bond donors (Lipinski definition) is 2. The van der Waals surface area contributed by atoms with E-state index in [0.717, 1.165) is 0 Å². The summed E-state index contributed by atoms with van der Waals surface area (Å²) in [6.07, 6.45) is 1.37. The van der Waals surface area contributed by atoms with Crippen LogP contribution >= 0.6 is 0 Å². The molecule has 0 aliphatic heterocycles. The number of rotatable bonds is 3. The van der Waals surface area contributed by atoms with Gasteiger partial charge in [-0.15, -0.1) is 0 Å². The minimum Gasteiger partial charge on any atom is -0.458 e. The van der Waals surface area contributed by atoms with Gasteiger partial charge in [-0.1, -0.05) is 13.8 Å². The molecule has 0 saturated heterocycles. The van der Waals surface area contributed by atoms with Crippen molar-refractivity contribution in [3.63, 3.8) is 0 Å². The van der Waals surface area contributed by atoms with Crippen molar-refractivity contribution in [2.24, 2.45) is 28.6 Å². The molecule has 6 nitrogen and oxygen atoms in total. The molecule has 3 saturated carbocycles. The van der Waals surface area contributed by atoms with Crippen LogP contribution in [0.15, 0.2) is 11.6 Å². The third kappa shape index (κ3) is 2.84. The molecule has 30 heavy (non-hydrogen) atoms. The van der Waals surface area contributed by atoms with E-state index in [-0.39, 0.29) is 42.8 Å². The maximum absolute atomic E-state index is 15.3. The number of allylic oxidation sites excluding steroid dienone is 1. The molecule has 2 N–H and O–H groups in total. The van der Waals surface area contributed by atoms with Gasteiger partial charge >= 0.3 is 5.97 Å². The molecule has 4 rings (SSSR count). The number of aliphatic hydroxyl groups is 2. The van der Waals surface area contributed by atoms with Crippen LogP contribution in [-0.2, 0) is 19.1 Å². The maximum atomic E-state index is 15.3. The standard InChI is InChI=1S/C23H31FO6/c1-12(25)30-11-19(28)23(29)7-5-15-14-9-17(24)16-8-13(26)4-6-21(16,2)20(14)18(27)10-22(15,23)3/h8,14-15,17-18,20,27,29H,4-7,9-11H2,1-3H3/t14-,15-,17-,18+,20+,21-,22-,23-/m0/s1. The van der Waals surface area contributed by atoms with Gasteiger partial charge in [0.2, 0.25) is 5.78 Å². The van der Waals surface area contributed by atoms with E-state index in [4.69, 9.17) is 4.74 Å². The molecule has 0 radical (unpaired) electrons. The first-order valence-electron chi connectivity index (χ1n) is 10.9. The maximum Gasteiger partial charge on any atom is 0.303 e. The van der Waals surface area contributed by atoms with Crippen molar-refractivity contribution in [2.75, 3.05) is 6.61 Å². The summed E-state index contributed by atoms with van der Waals surface area (Å²) >= 11 is 0. The number of ketones is 2. The summed E-state index contributed by atoms with van der Waals surface area (Å²) in [6.45, 7) is 4.46. The predicted octanol–water partition coefficient (Wildman–Crippen LogP) is 2.30. The second kappa shape index (κ2) is 6.95. The number of hydrogen-bond acceptors (Lipinski definition) is 6. The average molecular weight is 422 g/mol.